The molecule has 2 unspecified atom stereocenters. The van der Waals surface area contributed by atoms with Crippen molar-refractivity contribution < 1.29 is 17.9 Å². The number of hydrogen-bond acceptors (Lipinski definition) is 4. The molecule has 1 aliphatic carbocycles. The van der Waals surface area contributed by atoms with Gasteiger partial charge in [-0.05, 0) is 43.9 Å². The van der Waals surface area contributed by atoms with Gasteiger partial charge < -0.3 is 9.64 Å². The highest BCUT2D eigenvalue weighted by Crippen LogP contribution is 2.30. The van der Waals surface area contributed by atoms with Crippen LogP contribution in [0.2, 0.25) is 0 Å². The maximum atomic E-state index is 13.1. The van der Waals surface area contributed by atoms with Crippen LogP contribution in [0.1, 0.15) is 48.9 Å². The van der Waals surface area contributed by atoms with Crippen LogP contribution in [-0.4, -0.2) is 61.9 Å². The van der Waals surface area contributed by atoms with Gasteiger partial charge in [0.15, 0.2) is 0 Å². The molecule has 26 heavy (non-hydrogen) atoms. The van der Waals surface area contributed by atoms with E-state index in [1.807, 2.05) is 4.90 Å². The van der Waals surface area contributed by atoms with E-state index in [0.29, 0.717) is 31.8 Å². The smallest absolute Gasteiger partial charge is 0.254 e. The first-order chi connectivity index (χ1) is 12.6. The molecule has 0 spiro atoms. The Morgan fingerprint density at radius 2 is 1.81 bits per heavy atom. The van der Waals surface area contributed by atoms with Crippen LogP contribution >= 0.6 is 0 Å². The van der Waals surface area contributed by atoms with Crippen LogP contribution in [0.3, 0.4) is 0 Å². The molecular formula is C19H26N2O4S. The first-order valence-electron chi connectivity index (χ1n) is 9.60. The maximum absolute atomic E-state index is 13.1. The first kappa shape index (κ1) is 17.9. The van der Waals surface area contributed by atoms with E-state index in [0.717, 1.165) is 38.5 Å². The van der Waals surface area contributed by atoms with E-state index in [1.54, 1.807) is 24.3 Å². The average molecular weight is 378 g/mol. The van der Waals surface area contributed by atoms with Gasteiger partial charge in [0.2, 0.25) is 10.0 Å². The Bertz CT molecular complexity index is 771. The molecule has 7 heteroatoms. The minimum Gasteiger partial charge on any atom is -0.374 e. The molecule has 6 nitrogen and oxygen atoms in total. The number of ether oxygens (including phenoxy) is 1. The molecule has 1 aromatic carbocycles. The van der Waals surface area contributed by atoms with Gasteiger partial charge in [-0.2, -0.15) is 4.31 Å². The molecule has 2 saturated heterocycles. The zero-order valence-electron chi connectivity index (χ0n) is 15.0. The third-order valence-electron chi connectivity index (χ3n) is 5.78. The van der Waals surface area contributed by atoms with Crippen LogP contribution in [0.15, 0.2) is 29.2 Å². The van der Waals surface area contributed by atoms with Gasteiger partial charge >= 0.3 is 0 Å². The maximum Gasteiger partial charge on any atom is 0.254 e. The number of sulfonamides is 1. The van der Waals surface area contributed by atoms with Crippen LogP contribution in [0.4, 0.5) is 0 Å². The Hall–Kier alpha value is -1.44. The van der Waals surface area contributed by atoms with Crippen molar-refractivity contribution in [1.82, 2.24) is 9.21 Å². The fraction of sp³-hybridized carbons (Fsp3) is 0.632. The number of fused-ring (bicyclic) bond motifs is 1. The van der Waals surface area contributed by atoms with E-state index < -0.39 is 10.0 Å². The standard InChI is InChI=1S/C19H26N2O4S/c22-19(21-12-13-25-18-9-2-1-8-17(18)21)15-6-5-7-16(14-15)26(23,24)20-10-3-4-11-20/h5-7,14,17-18H,1-4,8-13H2. The first-order valence-corrected chi connectivity index (χ1v) is 11.0. The van der Waals surface area contributed by atoms with Crippen molar-refractivity contribution in [3.63, 3.8) is 0 Å². The van der Waals surface area contributed by atoms with Crippen LogP contribution in [0.25, 0.3) is 0 Å². The minimum atomic E-state index is -3.51. The molecule has 2 aliphatic heterocycles. The minimum absolute atomic E-state index is 0.0799. The fourth-order valence-corrected chi connectivity index (χ4v) is 5.95. The molecule has 3 fully saturated rings. The molecule has 0 N–H and O–H groups in total. The second-order valence-corrected chi connectivity index (χ2v) is 9.34. The Morgan fingerprint density at radius 3 is 2.62 bits per heavy atom. The van der Waals surface area contributed by atoms with Crippen molar-refractivity contribution in [2.75, 3.05) is 26.2 Å². The second-order valence-electron chi connectivity index (χ2n) is 7.40. The molecule has 1 amide bonds. The summed E-state index contributed by atoms with van der Waals surface area (Å²) in [4.78, 5) is 15.2. The van der Waals surface area contributed by atoms with Gasteiger partial charge in [0.25, 0.3) is 5.91 Å². The number of carbonyl (C=O) groups is 1. The number of benzene rings is 1. The van der Waals surface area contributed by atoms with Crippen molar-refractivity contribution in [1.29, 1.82) is 0 Å². The zero-order valence-corrected chi connectivity index (χ0v) is 15.8. The number of nitrogens with zero attached hydrogens (tertiary/aromatic N) is 2. The summed E-state index contributed by atoms with van der Waals surface area (Å²) in [6.07, 6.45) is 6.13. The highest BCUT2D eigenvalue weighted by molar-refractivity contribution is 7.89. The van der Waals surface area contributed by atoms with E-state index in [1.165, 1.54) is 4.31 Å². The third kappa shape index (κ3) is 3.28. The van der Waals surface area contributed by atoms with Crippen molar-refractivity contribution in [3.8, 4) is 0 Å². The molecule has 2 heterocycles. The summed E-state index contributed by atoms with van der Waals surface area (Å²) in [5, 5.41) is 0. The number of rotatable bonds is 3. The molecule has 0 bridgehead atoms. The van der Waals surface area contributed by atoms with Crippen molar-refractivity contribution in [2.45, 2.75) is 55.6 Å². The van der Waals surface area contributed by atoms with E-state index in [2.05, 4.69) is 0 Å². The molecule has 4 rings (SSSR count). The summed E-state index contributed by atoms with van der Waals surface area (Å²) in [6.45, 7) is 2.25. The van der Waals surface area contributed by atoms with E-state index in [4.69, 9.17) is 4.74 Å². The summed E-state index contributed by atoms with van der Waals surface area (Å²) in [5.74, 6) is -0.0799. The number of amides is 1. The Balaban J connectivity index is 1.58. The Labute approximate surface area is 155 Å². The Kier molecular flexibility index (Phi) is 5.03. The monoisotopic (exact) mass is 378 g/mol. The summed E-state index contributed by atoms with van der Waals surface area (Å²) in [7, 11) is -3.51. The van der Waals surface area contributed by atoms with Crippen LogP contribution in [0, 0.1) is 0 Å². The molecule has 1 aromatic rings. The summed E-state index contributed by atoms with van der Waals surface area (Å²) >= 11 is 0. The van der Waals surface area contributed by atoms with Crippen molar-refractivity contribution in [3.05, 3.63) is 29.8 Å². The van der Waals surface area contributed by atoms with Gasteiger partial charge in [0.1, 0.15) is 0 Å². The van der Waals surface area contributed by atoms with Crippen molar-refractivity contribution in [2.24, 2.45) is 0 Å². The van der Waals surface area contributed by atoms with E-state index in [9.17, 15) is 13.2 Å². The van der Waals surface area contributed by atoms with Gasteiger partial charge in [0.05, 0.1) is 23.6 Å². The third-order valence-corrected chi connectivity index (χ3v) is 7.67. The lowest BCUT2D eigenvalue weighted by Crippen LogP contribution is -2.54. The number of hydrogen-bond donors (Lipinski definition) is 0. The SMILES string of the molecule is O=C(c1cccc(S(=O)(=O)N2CCCC2)c1)N1CCOC2CCCCC21. The highest BCUT2D eigenvalue weighted by atomic mass is 32.2. The number of morpholine rings is 1. The molecule has 1 saturated carbocycles. The van der Waals surface area contributed by atoms with Crippen molar-refractivity contribution >= 4 is 15.9 Å². The van der Waals surface area contributed by atoms with Gasteiger partial charge in [0, 0.05) is 25.2 Å². The lowest BCUT2D eigenvalue weighted by molar-refractivity contribution is -0.0752. The quantitative estimate of drug-likeness (QED) is 0.809. The van der Waals surface area contributed by atoms with E-state index >= 15 is 0 Å². The van der Waals surface area contributed by atoms with Gasteiger partial charge in [-0.15, -0.1) is 0 Å². The normalized spacial score (nSPS) is 27.3. The summed E-state index contributed by atoms with van der Waals surface area (Å²) in [6, 6.07) is 6.65. The lowest BCUT2D eigenvalue weighted by Gasteiger charge is -2.43. The van der Waals surface area contributed by atoms with E-state index in [-0.39, 0.29) is 22.9 Å². The molecule has 142 valence electrons. The molecular weight excluding hydrogens is 352 g/mol. The van der Waals surface area contributed by atoms with Crippen LogP contribution in [0.5, 0.6) is 0 Å². The van der Waals surface area contributed by atoms with Gasteiger partial charge in [-0.3, -0.25) is 4.79 Å². The predicted molar refractivity (Wildman–Crippen MR) is 97.5 cm³/mol. The summed E-state index contributed by atoms with van der Waals surface area (Å²) in [5.41, 5.74) is 0.455. The molecule has 3 aliphatic rings. The summed E-state index contributed by atoms with van der Waals surface area (Å²) < 4.78 is 33.0. The van der Waals surface area contributed by atoms with Gasteiger partial charge in [-0.25, -0.2) is 8.42 Å². The second kappa shape index (κ2) is 7.29. The average Bonchev–Trinajstić information content (AvgIpc) is 3.23. The van der Waals surface area contributed by atoms with Gasteiger partial charge in [-0.1, -0.05) is 18.9 Å². The molecule has 2 atom stereocenters. The predicted octanol–water partition coefficient (Wildman–Crippen LogP) is 2.25. The largest absolute Gasteiger partial charge is 0.374 e. The molecule has 0 radical (unpaired) electrons. The number of carbonyl (C=O) groups excluding carboxylic acids is 1. The van der Waals surface area contributed by atoms with Crippen LogP contribution in [-0.2, 0) is 14.8 Å². The highest BCUT2D eigenvalue weighted by Gasteiger charge is 2.37. The topological polar surface area (TPSA) is 66.9 Å². The fourth-order valence-electron chi connectivity index (χ4n) is 4.38. The van der Waals surface area contributed by atoms with Crippen LogP contribution < -0.4 is 0 Å². The zero-order chi connectivity index (χ0) is 18.1. The lowest BCUT2D eigenvalue weighted by atomic mass is 9.89. The molecule has 0 aromatic heterocycles. The Morgan fingerprint density at radius 1 is 1.04 bits per heavy atom.